The van der Waals surface area contributed by atoms with Crippen LogP contribution in [0.4, 0.5) is 13.2 Å². The number of fused-ring (bicyclic) bond motifs is 1. The van der Waals surface area contributed by atoms with Crippen molar-refractivity contribution in [2.75, 3.05) is 20.3 Å². The fraction of sp³-hybridized carbons (Fsp3) is 0.444. The van der Waals surface area contributed by atoms with Crippen molar-refractivity contribution in [1.29, 1.82) is 0 Å². The highest BCUT2D eigenvalue weighted by atomic mass is 19.4. The fourth-order valence-corrected chi connectivity index (χ4v) is 5.49. The molecule has 0 spiro atoms. The zero-order valence-electron chi connectivity index (χ0n) is 21.2. The first-order chi connectivity index (χ1) is 18.2. The Balaban J connectivity index is 1.43. The van der Waals surface area contributed by atoms with E-state index >= 15 is 0 Å². The van der Waals surface area contributed by atoms with Crippen LogP contribution in [0.3, 0.4) is 0 Å². The Morgan fingerprint density at radius 1 is 1.18 bits per heavy atom. The molecule has 6 rings (SSSR count). The Bertz CT molecular complexity index is 1530. The molecule has 0 N–H and O–H groups in total. The molecule has 4 heterocycles. The largest absolute Gasteiger partial charge is 0.418 e. The van der Waals surface area contributed by atoms with Gasteiger partial charge in [-0.1, -0.05) is 18.6 Å². The highest BCUT2D eigenvalue weighted by Crippen LogP contribution is 2.43. The third-order valence-corrected chi connectivity index (χ3v) is 7.96. The quantitative estimate of drug-likeness (QED) is 0.364. The fourth-order valence-electron chi connectivity index (χ4n) is 5.49. The van der Waals surface area contributed by atoms with Crippen LogP contribution in [0.5, 0.6) is 0 Å². The zero-order chi connectivity index (χ0) is 26.6. The van der Waals surface area contributed by atoms with Crippen LogP contribution < -0.4 is 5.69 Å². The molecule has 0 amide bonds. The van der Waals surface area contributed by atoms with Crippen molar-refractivity contribution in [1.82, 2.24) is 28.6 Å². The van der Waals surface area contributed by atoms with Crippen LogP contribution in [0.1, 0.15) is 47.7 Å². The van der Waals surface area contributed by atoms with Gasteiger partial charge in [-0.15, -0.1) is 10.2 Å². The van der Waals surface area contributed by atoms with Crippen molar-refractivity contribution in [3.05, 3.63) is 82.1 Å². The van der Waals surface area contributed by atoms with Crippen molar-refractivity contribution in [3.8, 4) is 5.69 Å². The van der Waals surface area contributed by atoms with E-state index in [2.05, 4.69) is 10.2 Å². The average Bonchev–Trinajstić information content (AvgIpc) is 3.37. The van der Waals surface area contributed by atoms with Crippen molar-refractivity contribution >= 4 is 5.52 Å². The molecule has 0 unspecified atom stereocenters. The zero-order valence-corrected chi connectivity index (χ0v) is 21.2. The molecule has 1 saturated heterocycles. The van der Waals surface area contributed by atoms with Crippen LogP contribution in [0.15, 0.2) is 53.8 Å². The highest BCUT2D eigenvalue weighted by molar-refractivity contribution is 5.58. The molecule has 1 aromatic carbocycles. The maximum atomic E-state index is 14.1. The van der Waals surface area contributed by atoms with Gasteiger partial charge in [0.1, 0.15) is 12.2 Å². The molecule has 1 atom stereocenters. The Labute approximate surface area is 217 Å². The number of aryl methyl sites for hydroxylation is 1. The van der Waals surface area contributed by atoms with Gasteiger partial charge in [0.25, 0.3) is 0 Å². The van der Waals surface area contributed by atoms with Gasteiger partial charge in [-0.3, -0.25) is 13.9 Å². The van der Waals surface area contributed by atoms with Crippen LogP contribution >= 0.6 is 0 Å². The lowest BCUT2D eigenvalue weighted by Gasteiger charge is -2.34. The van der Waals surface area contributed by atoms with E-state index in [1.807, 2.05) is 41.8 Å². The van der Waals surface area contributed by atoms with E-state index in [9.17, 15) is 18.0 Å². The number of nitrogens with zero attached hydrogens (tertiary/aromatic N) is 6. The molecule has 1 saturated carbocycles. The number of halogens is 3. The van der Waals surface area contributed by atoms with Crippen LogP contribution in [-0.4, -0.2) is 54.9 Å². The molecule has 38 heavy (non-hydrogen) atoms. The second-order valence-electron chi connectivity index (χ2n) is 10.5. The molecule has 2 fully saturated rings. The molecule has 1 aliphatic carbocycles. The second kappa shape index (κ2) is 9.39. The molecule has 0 bridgehead atoms. The third kappa shape index (κ3) is 4.33. The monoisotopic (exact) mass is 526 g/mol. The first kappa shape index (κ1) is 24.9. The minimum atomic E-state index is -4.61. The summed E-state index contributed by atoms with van der Waals surface area (Å²) in [5, 5.41) is 8.40. The molecule has 11 heteroatoms. The van der Waals surface area contributed by atoms with Crippen LogP contribution in [-0.2, 0) is 24.5 Å². The van der Waals surface area contributed by atoms with E-state index in [1.54, 1.807) is 12.4 Å². The number of hydrogen-bond acceptors (Lipinski definition) is 5. The number of ether oxygens (including phenoxy) is 1. The first-order valence-electron chi connectivity index (χ1n) is 12.8. The summed E-state index contributed by atoms with van der Waals surface area (Å²) in [5.74, 6) is 1.23. The maximum Gasteiger partial charge on any atom is 0.418 e. The Hall–Kier alpha value is -3.44. The van der Waals surface area contributed by atoms with Gasteiger partial charge in [0.15, 0.2) is 0 Å². The molecule has 8 nitrogen and oxygen atoms in total. The summed E-state index contributed by atoms with van der Waals surface area (Å²) in [5.41, 5.74) is 0.354. The molecular weight excluding hydrogens is 497 g/mol. The number of benzene rings is 1. The summed E-state index contributed by atoms with van der Waals surface area (Å²) in [6, 6.07) is 8.76. The number of pyridine rings is 1. The van der Waals surface area contributed by atoms with E-state index < -0.39 is 17.4 Å². The minimum absolute atomic E-state index is 0.00713. The van der Waals surface area contributed by atoms with Gasteiger partial charge in [0.05, 0.1) is 36.0 Å². The van der Waals surface area contributed by atoms with Gasteiger partial charge < -0.3 is 9.30 Å². The number of likely N-dealkylation sites (N-methyl/N-ethyl adjacent to an activating group) is 1. The van der Waals surface area contributed by atoms with Crippen LogP contribution in [0, 0.1) is 5.92 Å². The molecule has 4 aromatic rings. The second-order valence-corrected chi connectivity index (χ2v) is 10.5. The summed E-state index contributed by atoms with van der Waals surface area (Å²) in [6.45, 7) is 1.38. The standard InChI is InChI=1S/C27H29F3N6O2/c1-33(21-14-38-15-21)11-17-9-22(27(28,29)30)23-13-35(26(37)36(23)12-17)20-8-4-7-19(10-20)24(18-5-3-6-18)25-32-31-16-34(25)2/h4,7-10,12-13,16,18,21,24H,3,5-6,11,14-15H2,1-2H3/t24-/m1/s1. The van der Waals surface area contributed by atoms with Crippen molar-refractivity contribution in [2.45, 2.75) is 43.9 Å². The van der Waals surface area contributed by atoms with Gasteiger partial charge in [-0.25, -0.2) is 4.79 Å². The molecular formula is C27H29F3N6O2. The van der Waals surface area contributed by atoms with Crippen LogP contribution in [0.2, 0.25) is 0 Å². The van der Waals surface area contributed by atoms with Crippen molar-refractivity contribution in [2.24, 2.45) is 13.0 Å². The minimum Gasteiger partial charge on any atom is -0.378 e. The molecule has 2 aliphatic rings. The van der Waals surface area contributed by atoms with E-state index in [-0.39, 0.29) is 24.0 Å². The molecule has 1 aliphatic heterocycles. The number of imidazole rings is 1. The van der Waals surface area contributed by atoms with Gasteiger partial charge >= 0.3 is 11.9 Å². The first-order valence-corrected chi connectivity index (χ1v) is 12.8. The average molecular weight is 527 g/mol. The number of alkyl halides is 3. The van der Waals surface area contributed by atoms with E-state index in [0.29, 0.717) is 30.4 Å². The Kier molecular flexibility index (Phi) is 6.14. The lowest BCUT2D eigenvalue weighted by atomic mass is 9.72. The summed E-state index contributed by atoms with van der Waals surface area (Å²) in [6.07, 6.45) is 3.14. The van der Waals surface area contributed by atoms with Gasteiger partial charge in [0, 0.05) is 31.9 Å². The molecule has 200 valence electrons. The molecule has 0 radical (unpaired) electrons. The number of hydrogen-bond donors (Lipinski definition) is 0. The predicted molar refractivity (Wildman–Crippen MR) is 134 cm³/mol. The number of aromatic nitrogens is 5. The normalized spacial score (nSPS) is 17.6. The maximum absolute atomic E-state index is 14.1. The third-order valence-electron chi connectivity index (χ3n) is 7.96. The predicted octanol–water partition coefficient (Wildman–Crippen LogP) is 4.00. The lowest BCUT2D eigenvalue weighted by Crippen LogP contribution is -2.46. The summed E-state index contributed by atoms with van der Waals surface area (Å²) in [4.78, 5) is 15.5. The number of rotatable bonds is 7. The van der Waals surface area contributed by atoms with E-state index in [0.717, 1.165) is 41.1 Å². The van der Waals surface area contributed by atoms with Gasteiger partial charge in [-0.2, -0.15) is 13.2 Å². The van der Waals surface area contributed by atoms with Gasteiger partial charge in [0.2, 0.25) is 0 Å². The molecule has 3 aromatic heterocycles. The summed E-state index contributed by atoms with van der Waals surface area (Å²) >= 11 is 0. The van der Waals surface area contributed by atoms with Crippen molar-refractivity contribution < 1.29 is 17.9 Å². The topological polar surface area (TPSA) is 69.6 Å². The smallest absolute Gasteiger partial charge is 0.378 e. The summed E-state index contributed by atoms with van der Waals surface area (Å²) in [7, 11) is 3.75. The Morgan fingerprint density at radius 2 is 1.97 bits per heavy atom. The highest BCUT2D eigenvalue weighted by Gasteiger charge is 2.36. The summed E-state index contributed by atoms with van der Waals surface area (Å²) < 4.78 is 51.9. The SMILES string of the molecule is CN(Cc1cc(C(F)(F)F)c2cn(-c3cccc([C@H](c4nncn4C)C4CCC4)c3)c(=O)n2c1)C1COC1. The van der Waals surface area contributed by atoms with E-state index in [1.165, 1.54) is 17.0 Å². The van der Waals surface area contributed by atoms with Crippen molar-refractivity contribution in [3.63, 3.8) is 0 Å². The van der Waals surface area contributed by atoms with Gasteiger partial charge in [-0.05, 0) is 55.1 Å². The van der Waals surface area contributed by atoms with Crippen LogP contribution in [0.25, 0.3) is 11.2 Å². The van der Waals surface area contributed by atoms with E-state index in [4.69, 9.17) is 4.74 Å². The lowest BCUT2D eigenvalue weighted by molar-refractivity contribution is -0.136. The Morgan fingerprint density at radius 3 is 2.58 bits per heavy atom.